The molecule has 0 radical (unpaired) electrons. The largest absolute Gasteiger partial charge is 0.399 e. The van der Waals surface area contributed by atoms with Crippen LogP contribution in [0.1, 0.15) is 104 Å². The number of benzene rings is 4. The predicted octanol–water partition coefficient (Wildman–Crippen LogP) is 9.45. The number of unbranched alkanes of at least 4 members (excludes halogenated alkanes) is 3. The summed E-state index contributed by atoms with van der Waals surface area (Å²) in [6, 6.07) is 35.2. The second-order valence-electron chi connectivity index (χ2n) is 10.9. The first kappa shape index (κ1) is 27.5. The lowest BCUT2D eigenvalue weighted by Gasteiger charge is -2.20. The van der Waals surface area contributed by atoms with Crippen LogP contribution in [0.3, 0.4) is 0 Å². The average Bonchev–Trinajstić information content (AvgIpc) is 2.95. The number of rotatable bonds is 12. The third-order valence-electron chi connectivity index (χ3n) is 8.15. The molecule has 0 heterocycles. The van der Waals surface area contributed by atoms with E-state index in [-0.39, 0.29) is 0 Å². The Bertz CT molecular complexity index is 1240. The molecule has 0 aliphatic heterocycles. The Morgan fingerprint density at radius 1 is 0.500 bits per heavy atom. The van der Waals surface area contributed by atoms with E-state index in [0.29, 0.717) is 17.8 Å². The number of anilines is 2. The maximum absolute atomic E-state index is 5.89. The summed E-state index contributed by atoms with van der Waals surface area (Å²) >= 11 is 0. The molecule has 38 heavy (non-hydrogen) atoms. The van der Waals surface area contributed by atoms with Gasteiger partial charge in [-0.25, -0.2) is 0 Å². The Kier molecular flexibility index (Phi) is 9.65. The molecular formula is C36H44N2. The molecule has 0 bridgehead atoms. The zero-order chi connectivity index (χ0) is 26.9. The number of nitrogen functional groups attached to an aromatic ring is 2. The Balaban J connectivity index is 1.47. The van der Waals surface area contributed by atoms with E-state index in [2.05, 4.69) is 93.6 Å². The van der Waals surface area contributed by atoms with Crippen LogP contribution < -0.4 is 11.5 Å². The van der Waals surface area contributed by atoms with E-state index < -0.39 is 0 Å². The van der Waals surface area contributed by atoms with Crippen molar-refractivity contribution in [2.75, 3.05) is 11.5 Å². The zero-order valence-corrected chi connectivity index (χ0v) is 23.4. The molecule has 4 rings (SSSR count). The van der Waals surface area contributed by atoms with Gasteiger partial charge in [-0.2, -0.15) is 0 Å². The molecular weight excluding hydrogens is 460 g/mol. The Hall–Kier alpha value is -3.52. The lowest BCUT2D eigenvalue weighted by molar-refractivity contribution is 0.551. The minimum atomic E-state index is 0.350. The van der Waals surface area contributed by atoms with Gasteiger partial charge in [-0.3, -0.25) is 0 Å². The lowest BCUT2D eigenvalue weighted by Crippen LogP contribution is -2.05. The summed E-state index contributed by atoms with van der Waals surface area (Å²) < 4.78 is 0. The van der Waals surface area contributed by atoms with Crippen molar-refractivity contribution in [2.24, 2.45) is 0 Å². The highest BCUT2D eigenvalue weighted by Crippen LogP contribution is 2.31. The SMILES string of the molecule is CCCCCCC(Cc1ccc(C(C)c2ccc(N)cc2)cc1)c1ccc(C(C)c2ccc(N)cc2)cc1. The smallest absolute Gasteiger partial charge is 0.0314 e. The van der Waals surface area contributed by atoms with E-state index in [0.717, 1.165) is 17.8 Å². The molecule has 0 aliphatic rings. The van der Waals surface area contributed by atoms with Gasteiger partial charge >= 0.3 is 0 Å². The van der Waals surface area contributed by atoms with Gasteiger partial charge in [0.15, 0.2) is 0 Å². The van der Waals surface area contributed by atoms with Crippen LogP contribution in [0.15, 0.2) is 97.1 Å². The van der Waals surface area contributed by atoms with Gasteiger partial charge in [0.1, 0.15) is 0 Å². The fourth-order valence-corrected chi connectivity index (χ4v) is 5.44. The van der Waals surface area contributed by atoms with Gasteiger partial charge in [-0.1, -0.05) is 119 Å². The molecule has 198 valence electrons. The van der Waals surface area contributed by atoms with Gasteiger partial charge in [0.25, 0.3) is 0 Å². The molecule has 0 fully saturated rings. The first-order chi connectivity index (χ1) is 18.4. The first-order valence-electron chi connectivity index (χ1n) is 14.3. The van der Waals surface area contributed by atoms with E-state index in [4.69, 9.17) is 11.5 Å². The van der Waals surface area contributed by atoms with E-state index in [1.165, 1.54) is 65.5 Å². The molecule has 2 heteroatoms. The number of hydrogen-bond donors (Lipinski definition) is 2. The van der Waals surface area contributed by atoms with Gasteiger partial charge < -0.3 is 11.5 Å². The van der Waals surface area contributed by atoms with Gasteiger partial charge in [0.05, 0.1) is 0 Å². The van der Waals surface area contributed by atoms with Gasteiger partial charge in [-0.15, -0.1) is 0 Å². The van der Waals surface area contributed by atoms with E-state index in [1.807, 2.05) is 24.3 Å². The van der Waals surface area contributed by atoms with E-state index in [9.17, 15) is 0 Å². The zero-order valence-electron chi connectivity index (χ0n) is 23.4. The topological polar surface area (TPSA) is 52.0 Å². The van der Waals surface area contributed by atoms with Crippen LogP contribution in [0.5, 0.6) is 0 Å². The normalized spacial score (nSPS) is 13.7. The van der Waals surface area contributed by atoms with Crippen LogP contribution in [-0.2, 0) is 6.42 Å². The third-order valence-corrected chi connectivity index (χ3v) is 8.15. The fraction of sp³-hybridized carbons (Fsp3) is 0.333. The minimum Gasteiger partial charge on any atom is -0.399 e. The fourth-order valence-electron chi connectivity index (χ4n) is 5.44. The maximum atomic E-state index is 5.89. The number of nitrogens with two attached hydrogens (primary N) is 2. The van der Waals surface area contributed by atoms with Crippen molar-refractivity contribution in [1.82, 2.24) is 0 Å². The highest BCUT2D eigenvalue weighted by molar-refractivity contribution is 5.44. The van der Waals surface area contributed by atoms with Crippen LogP contribution in [-0.4, -0.2) is 0 Å². The maximum Gasteiger partial charge on any atom is 0.0314 e. The highest BCUT2D eigenvalue weighted by Gasteiger charge is 2.15. The third kappa shape index (κ3) is 7.28. The highest BCUT2D eigenvalue weighted by atomic mass is 14.5. The Morgan fingerprint density at radius 3 is 1.34 bits per heavy atom. The molecule has 0 aromatic heterocycles. The quantitative estimate of drug-likeness (QED) is 0.149. The van der Waals surface area contributed by atoms with E-state index >= 15 is 0 Å². The monoisotopic (exact) mass is 504 g/mol. The van der Waals surface area contributed by atoms with Crippen molar-refractivity contribution in [2.45, 2.75) is 77.0 Å². The molecule has 0 amide bonds. The first-order valence-corrected chi connectivity index (χ1v) is 14.3. The standard InChI is InChI=1S/C36H44N2/c1-4-5-6-7-8-34(33-15-13-30(14-16-33)27(3)32-19-23-36(38)24-20-32)25-28-9-11-29(12-10-28)26(2)31-17-21-35(37)22-18-31/h9-24,26-27,34H,4-8,25,37-38H2,1-3H3. The van der Waals surface area contributed by atoms with Crippen molar-refractivity contribution in [3.63, 3.8) is 0 Å². The van der Waals surface area contributed by atoms with Crippen LogP contribution in [0, 0.1) is 0 Å². The molecule has 4 aromatic rings. The summed E-state index contributed by atoms with van der Waals surface area (Å²) in [5, 5.41) is 0. The summed E-state index contributed by atoms with van der Waals surface area (Å²) in [5.41, 5.74) is 21.6. The molecule has 0 aliphatic carbocycles. The van der Waals surface area contributed by atoms with Crippen molar-refractivity contribution in [3.8, 4) is 0 Å². The minimum absolute atomic E-state index is 0.350. The Labute approximate surface area is 230 Å². The number of hydrogen-bond acceptors (Lipinski definition) is 2. The van der Waals surface area contributed by atoms with Crippen molar-refractivity contribution >= 4 is 11.4 Å². The second-order valence-corrected chi connectivity index (χ2v) is 10.9. The van der Waals surface area contributed by atoms with E-state index in [1.54, 1.807) is 0 Å². The summed E-state index contributed by atoms with van der Waals surface area (Å²) in [5.74, 6) is 1.24. The Morgan fingerprint density at radius 2 is 0.895 bits per heavy atom. The molecule has 4 aromatic carbocycles. The molecule has 2 nitrogen and oxygen atoms in total. The van der Waals surface area contributed by atoms with Crippen LogP contribution in [0.2, 0.25) is 0 Å². The lowest BCUT2D eigenvalue weighted by atomic mass is 9.85. The molecule has 4 N–H and O–H groups in total. The molecule has 0 saturated heterocycles. The molecule has 0 saturated carbocycles. The molecule has 0 spiro atoms. The summed E-state index contributed by atoms with van der Waals surface area (Å²) in [4.78, 5) is 0. The predicted molar refractivity (Wildman–Crippen MR) is 165 cm³/mol. The van der Waals surface area contributed by atoms with Crippen molar-refractivity contribution in [1.29, 1.82) is 0 Å². The summed E-state index contributed by atoms with van der Waals surface area (Å²) in [7, 11) is 0. The second kappa shape index (κ2) is 13.3. The van der Waals surface area contributed by atoms with Crippen molar-refractivity contribution in [3.05, 3.63) is 130 Å². The summed E-state index contributed by atoms with van der Waals surface area (Å²) in [6.45, 7) is 6.82. The molecule has 3 unspecified atom stereocenters. The van der Waals surface area contributed by atoms with Gasteiger partial charge in [0.2, 0.25) is 0 Å². The summed E-state index contributed by atoms with van der Waals surface area (Å²) in [6.07, 6.45) is 7.51. The average molecular weight is 505 g/mol. The van der Waals surface area contributed by atoms with Crippen molar-refractivity contribution < 1.29 is 0 Å². The molecule has 3 atom stereocenters. The van der Waals surface area contributed by atoms with Crippen LogP contribution >= 0.6 is 0 Å². The van der Waals surface area contributed by atoms with Crippen LogP contribution in [0.4, 0.5) is 11.4 Å². The van der Waals surface area contributed by atoms with Gasteiger partial charge in [-0.05, 0) is 76.4 Å². The van der Waals surface area contributed by atoms with Crippen LogP contribution in [0.25, 0.3) is 0 Å². The van der Waals surface area contributed by atoms with Gasteiger partial charge in [0, 0.05) is 23.2 Å².